The van der Waals surface area contributed by atoms with Crippen LogP contribution in [0, 0.1) is 0 Å². The van der Waals surface area contributed by atoms with Crippen LogP contribution in [0.1, 0.15) is 48.4 Å². The Morgan fingerprint density at radius 2 is 1.52 bits per heavy atom. The van der Waals surface area contributed by atoms with Crippen molar-refractivity contribution in [3.63, 3.8) is 0 Å². The van der Waals surface area contributed by atoms with Crippen molar-refractivity contribution in [1.82, 2.24) is 4.98 Å². The van der Waals surface area contributed by atoms with E-state index in [1.165, 1.54) is 34.9 Å². The van der Waals surface area contributed by atoms with Crippen molar-refractivity contribution in [2.45, 2.75) is 45.6 Å². The van der Waals surface area contributed by atoms with Gasteiger partial charge in [0.25, 0.3) is 0 Å². The second-order valence-electron chi connectivity index (χ2n) is 6.63. The number of fused-ring (bicyclic) bond motifs is 1. The zero-order chi connectivity index (χ0) is 17.6. The third-order valence-electron chi connectivity index (χ3n) is 4.81. The molecule has 1 aromatic heterocycles. The number of rotatable bonds is 7. The third-order valence-corrected chi connectivity index (χ3v) is 4.81. The summed E-state index contributed by atoms with van der Waals surface area (Å²) in [4.78, 5) is 4.65. The van der Waals surface area contributed by atoms with Crippen LogP contribution in [-0.4, -0.2) is 4.98 Å². The molecule has 0 amide bonds. The molecule has 0 atom stereocenters. The number of nitrogens with two attached hydrogens (primary N) is 2. The highest BCUT2D eigenvalue weighted by molar-refractivity contribution is 5.86. The zero-order valence-corrected chi connectivity index (χ0v) is 17.4. The zero-order valence-electron chi connectivity index (χ0n) is 15.8. The van der Waals surface area contributed by atoms with Gasteiger partial charge in [0.15, 0.2) is 0 Å². The fraction of sp³-hybridized carbons (Fsp3) is 0.318. The maximum Gasteiger partial charge on any atom is 0.127 e. The molecule has 1 heterocycles. The predicted molar refractivity (Wildman–Crippen MR) is 121 cm³/mol. The van der Waals surface area contributed by atoms with Crippen LogP contribution in [0.3, 0.4) is 0 Å². The quantitative estimate of drug-likeness (QED) is 0.514. The van der Waals surface area contributed by atoms with E-state index in [4.69, 9.17) is 11.5 Å². The normalized spacial score (nSPS) is 10.3. The third kappa shape index (κ3) is 5.58. The number of nitrogen functional groups attached to an aromatic ring is 1. The van der Waals surface area contributed by atoms with Gasteiger partial charge in [0.05, 0.1) is 5.52 Å². The molecule has 3 nitrogen and oxygen atoms in total. The molecule has 5 heteroatoms. The lowest BCUT2D eigenvalue weighted by Gasteiger charge is -2.16. The fourth-order valence-electron chi connectivity index (χ4n) is 3.37. The van der Waals surface area contributed by atoms with Crippen LogP contribution in [0.25, 0.3) is 10.9 Å². The van der Waals surface area contributed by atoms with Crippen molar-refractivity contribution in [3.05, 3.63) is 70.8 Å². The minimum Gasteiger partial charge on any atom is -0.383 e. The Morgan fingerprint density at radius 3 is 2.19 bits per heavy atom. The largest absolute Gasteiger partial charge is 0.383 e. The van der Waals surface area contributed by atoms with Crippen molar-refractivity contribution in [3.8, 4) is 0 Å². The maximum atomic E-state index is 6.34. The molecule has 0 saturated carbocycles. The van der Waals surface area contributed by atoms with Crippen LogP contribution in [0.15, 0.2) is 48.5 Å². The van der Waals surface area contributed by atoms with Crippen LogP contribution in [-0.2, 0) is 19.4 Å². The Kier molecular flexibility index (Phi) is 9.57. The molecule has 0 aliphatic rings. The Morgan fingerprint density at radius 1 is 0.852 bits per heavy atom. The Labute approximate surface area is 174 Å². The monoisotopic (exact) mass is 405 g/mol. The van der Waals surface area contributed by atoms with E-state index in [1.807, 2.05) is 12.1 Å². The molecule has 0 bridgehead atoms. The summed E-state index contributed by atoms with van der Waals surface area (Å²) in [6.45, 7) is 2.80. The Bertz CT molecular complexity index is 848. The van der Waals surface area contributed by atoms with Gasteiger partial charge < -0.3 is 11.5 Å². The van der Waals surface area contributed by atoms with E-state index in [0.29, 0.717) is 12.4 Å². The molecule has 27 heavy (non-hydrogen) atoms. The number of benzene rings is 2. The van der Waals surface area contributed by atoms with Crippen molar-refractivity contribution < 1.29 is 0 Å². The first kappa shape index (κ1) is 23.2. The topological polar surface area (TPSA) is 64.9 Å². The number of hydrogen-bond acceptors (Lipinski definition) is 3. The molecule has 0 aliphatic carbocycles. The molecular formula is C22H29Cl2N3. The molecule has 3 aromatic rings. The summed E-state index contributed by atoms with van der Waals surface area (Å²) in [5, 5.41) is 1.21. The van der Waals surface area contributed by atoms with Crippen LogP contribution in [0.5, 0.6) is 0 Å². The molecule has 0 unspecified atom stereocenters. The molecule has 0 aliphatic heterocycles. The Hall–Kier alpha value is -1.81. The van der Waals surface area contributed by atoms with Crippen LogP contribution in [0.4, 0.5) is 5.82 Å². The van der Waals surface area contributed by atoms with Crippen LogP contribution in [0.2, 0.25) is 0 Å². The van der Waals surface area contributed by atoms with Crippen molar-refractivity contribution in [1.29, 1.82) is 0 Å². The highest BCUT2D eigenvalue weighted by atomic mass is 35.5. The number of para-hydroxylation sites is 1. The summed E-state index contributed by atoms with van der Waals surface area (Å²) >= 11 is 0. The predicted octanol–water partition coefficient (Wildman–Crippen LogP) is 5.44. The van der Waals surface area contributed by atoms with Gasteiger partial charge in [-0.1, -0.05) is 62.2 Å². The summed E-state index contributed by atoms with van der Waals surface area (Å²) in [5.74, 6) is 0.684. The van der Waals surface area contributed by atoms with E-state index in [1.54, 1.807) is 0 Å². The second kappa shape index (κ2) is 11.1. The van der Waals surface area contributed by atoms with Gasteiger partial charge in [0.1, 0.15) is 5.82 Å². The first-order valence-corrected chi connectivity index (χ1v) is 9.16. The van der Waals surface area contributed by atoms with Gasteiger partial charge in [0.2, 0.25) is 0 Å². The van der Waals surface area contributed by atoms with E-state index >= 15 is 0 Å². The van der Waals surface area contributed by atoms with E-state index in [2.05, 4.69) is 48.3 Å². The molecule has 0 radical (unpaired) electrons. The molecule has 3 rings (SSSR count). The second-order valence-corrected chi connectivity index (χ2v) is 6.63. The van der Waals surface area contributed by atoms with Gasteiger partial charge in [0, 0.05) is 11.9 Å². The molecular weight excluding hydrogens is 377 g/mol. The van der Waals surface area contributed by atoms with Gasteiger partial charge in [-0.15, -0.1) is 24.8 Å². The molecule has 146 valence electrons. The van der Waals surface area contributed by atoms with Gasteiger partial charge in [-0.3, -0.25) is 0 Å². The van der Waals surface area contributed by atoms with Crippen molar-refractivity contribution >= 4 is 41.5 Å². The number of halogens is 2. The maximum absolute atomic E-state index is 6.34. The van der Waals surface area contributed by atoms with Gasteiger partial charge >= 0.3 is 0 Å². The highest BCUT2D eigenvalue weighted by Crippen LogP contribution is 2.29. The first-order valence-electron chi connectivity index (χ1n) is 9.16. The van der Waals surface area contributed by atoms with E-state index < -0.39 is 0 Å². The van der Waals surface area contributed by atoms with E-state index in [0.717, 1.165) is 30.3 Å². The number of pyridine rings is 1. The average Bonchev–Trinajstić information content (AvgIpc) is 2.64. The Balaban J connectivity index is 0.00000182. The lowest BCUT2D eigenvalue weighted by atomic mass is 9.93. The minimum absolute atomic E-state index is 0. The smallest absolute Gasteiger partial charge is 0.127 e. The van der Waals surface area contributed by atoms with E-state index in [9.17, 15) is 0 Å². The highest BCUT2D eigenvalue weighted by Gasteiger charge is 2.13. The van der Waals surface area contributed by atoms with Gasteiger partial charge in [-0.25, -0.2) is 4.98 Å². The molecule has 0 saturated heterocycles. The summed E-state index contributed by atoms with van der Waals surface area (Å²) in [6.07, 6.45) is 5.45. The fourth-order valence-corrected chi connectivity index (χ4v) is 3.37. The van der Waals surface area contributed by atoms with Crippen LogP contribution < -0.4 is 11.5 Å². The first-order chi connectivity index (χ1) is 12.2. The lowest BCUT2D eigenvalue weighted by Crippen LogP contribution is -2.06. The van der Waals surface area contributed by atoms with Gasteiger partial charge in [-0.05, 0) is 47.6 Å². The number of hydrogen-bond donors (Lipinski definition) is 2. The molecule has 2 aromatic carbocycles. The number of unbranched alkanes of at least 4 members (excludes halogenated alkanes) is 2. The minimum atomic E-state index is 0. The van der Waals surface area contributed by atoms with Crippen molar-refractivity contribution in [2.24, 2.45) is 5.73 Å². The van der Waals surface area contributed by atoms with Crippen LogP contribution >= 0.6 is 24.8 Å². The standard InChI is InChI=1S/C22H27N3.2ClH/c1-2-3-4-8-19-20(14-16-10-12-17(15-23)13-11-16)18-7-5-6-9-21(18)25-22(19)24;;/h5-7,9-13H,2-4,8,14-15,23H2,1H3,(H2,24,25);2*1H. The number of anilines is 1. The summed E-state index contributed by atoms with van der Waals surface area (Å²) in [7, 11) is 0. The van der Waals surface area contributed by atoms with Gasteiger partial charge in [-0.2, -0.15) is 0 Å². The summed E-state index contributed by atoms with van der Waals surface area (Å²) in [6, 6.07) is 16.9. The average molecular weight is 406 g/mol. The molecule has 4 N–H and O–H groups in total. The summed E-state index contributed by atoms with van der Waals surface area (Å²) < 4.78 is 0. The lowest BCUT2D eigenvalue weighted by molar-refractivity contribution is 0.714. The number of nitrogens with zero attached hydrogens (tertiary/aromatic N) is 1. The molecule has 0 spiro atoms. The number of aromatic nitrogens is 1. The van der Waals surface area contributed by atoms with E-state index in [-0.39, 0.29) is 24.8 Å². The molecule has 0 fully saturated rings. The SMILES string of the molecule is CCCCCc1c(N)nc2ccccc2c1Cc1ccc(CN)cc1.Cl.Cl. The van der Waals surface area contributed by atoms with Crippen molar-refractivity contribution in [2.75, 3.05) is 5.73 Å². The summed E-state index contributed by atoms with van der Waals surface area (Å²) in [5.41, 5.74) is 18.0.